The maximum Gasteiger partial charge on any atom is 0.522 e. The van der Waals surface area contributed by atoms with Crippen LogP contribution in [0, 0.1) is 6.92 Å². The summed E-state index contributed by atoms with van der Waals surface area (Å²) in [5, 5.41) is 0. The zero-order chi connectivity index (χ0) is 14.2. The van der Waals surface area contributed by atoms with Gasteiger partial charge in [0.1, 0.15) is 0 Å². The molecule has 1 aliphatic rings. The average molecular weight is 273 g/mol. The van der Waals surface area contributed by atoms with Crippen LogP contribution in [0.1, 0.15) is 15.9 Å². The van der Waals surface area contributed by atoms with E-state index in [1.807, 2.05) is 0 Å². The summed E-state index contributed by atoms with van der Waals surface area (Å²) in [6.07, 6.45) is -4.75. The number of carbonyl (C=O) groups excluding carboxylic acids is 2. The van der Waals surface area contributed by atoms with Crippen molar-refractivity contribution < 1.29 is 27.5 Å². The second-order valence-corrected chi connectivity index (χ2v) is 4.05. The number of ether oxygens (including phenoxy) is 1. The van der Waals surface area contributed by atoms with Gasteiger partial charge >= 0.3 is 6.36 Å². The first-order valence-electron chi connectivity index (χ1n) is 5.48. The Morgan fingerprint density at radius 3 is 2.58 bits per heavy atom. The molecule has 0 radical (unpaired) electrons. The van der Waals surface area contributed by atoms with E-state index in [1.165, 1.54) is 6.07 Å². The number of Topliss-reactive ketones (excluding diaryl/α,β-unsaturated/α-hetero) is 1. The number of para-hydroxylation sites is 1. The van der Waals surface area contributed by atoms with E-state index >= 15 is 0 Å². The standard InChI is InChI=1S/C12H10F3NO3/c1-7-3-2-4-8-9(7)16(11(18)10(8)17)5-6-19-12(13,14)15/h2-4H,5-6H2,1H3. The van der Waals surface area contributed by atoms with Crippen LogP contribution in [0.25, 0.3) is 0 Å². The lowest BCUT2D eigenvalue weighted by molar-refractivity contribution is -0.323. The highest BCUT2D eigenvalue weighted by Crippen LogP contribution is 2.32. The fourth-order valence-electron chi connectivity index (χ4n) is 2.01. The summed E-state index contributed by atoms with van der Waals surface area (Å²) in [5.41, 5.74) is 1.24. The number of hydrogen-bond acceptors (Lipinski definition) is 3. The van der Waals surface area contributed by atoms with Crippen LogP contribution in [0.15, 0.2) is 18.2 Å². The van der Waals surface area contributed by atoms with Gasteiger partial charge < -0.3 is 4.90 Å². The van der Waals surface area contributed by atoms with E-state index in [2.05, 4.69) is 4.74 Å². The Hall–Kier alpha value is -1.89. The first kappa shape index (κ1) is 13.5. The molecule has 2 rings (SSSR count). The summed E-state index contributed by atoms with van der Waals surface area (Å²) < 4.78 is 39.3. The summed E-state index contributed by atoms with van der Waals surface area (Å²) in [6, 6.07) is 4.78. The highest BCUT2D eigenvalue weighted by molar-refractivity contribution is 6.52. The Labute approximate surface area is 106 Å². The number of nitrogens with zero attached hydrogens (tertiary/aromatic N) is 1. The minimum atomic E-state index is -4.75. The van der Waals surface area contributed by atoms with Crippen LogP contribution < -0.4 is 4.90 Å². The molecule has 102 valence electrons. The molecule has 0 saturated heterocycles. The molecule has 4 nitrogen and oxygen atoms in total. The Bertz CT molecular complexity index is 540. The highest BCUT2D eigenvalue weighted by Gasteiger charge is 2.37. The van der Waals surface area contributed by atoms with Crippen molar-refractivity contribution in [2.45, 2.75) is 13.3 Å². The smallest absolute Gasteiger partial charge is 0.302 e. The van der Waals surface area contributed by atoms with Gasteiger partial charge in [-0.25, -0.2) is 0 Å². The van der Waals surface area contributed by atoms with E-state index in [4.69, 9.17) is 0 Å². The number of rotatable bonds is 3. The van der Waals surface area contributed by atoms with Crippen LogP contribution in [0.2, 0.25) is 0 Å². The molecule has 19 heavy (non-hydrogen) atoms. The number of benzene rings is 1. The molecule has 1 amide bonds. The summed E-state index contributed by atoms with van der Waals surface area (Å²) in [5.74, 6) is -1.53. The number of aryl methyl sites for hydroxylation is 1. The predicted octanol–water partition coefficient (Wildman–Crippen LogP) is 2.06. The van der Waals surface area contributed by atoms with Crippen molar-refractivity contribution in [1.29, 1.82) is 0 Å². The van der Waals surface area contributed by atoms with E-state index < -0.39 is 24.7 Å². The molecule has 0 aromatic heterocycles. The van der Waals surface area contributed by atoms with Crippen molar-refractivity contribution >= 4 is 17.4 Å². The topological polar surface area (TPSA) is 46.6 Å². The van der Waals surface area contributed by atoms with E-state index in [1.54, 1.807) is 19.1 Å². The summed E-state index contributed by atoms with van der Waals surface area (Å²) in [7, 11) is 0. The van der Waals surface area contributed by atoms with E-state index in [0.29, 0.717) is 11.3 Å². The molecule has 7 heteroatoms. The Morgan fingerprint density at radius 1 is 1.26 bits per heavy atom. The van der Waals surface area contributed by atoms with E-state index in [0.717, 1.165) is 4.90 Å². The average Bonchev–Trinajstić information content (AvgIpc) is 2.54. The molecule has 1 aliphatic heterocycles. The van der Waals surface area contributed by atoms with Crippen LogP contribution in [-0.4, -0.2) is 31.2 Å². The van der Waals surface area contributed by atoms with Crippen LogP contribution in [0.4, 0.5) is 18.9 Å². The second-order valence-electron chi connectivity index (χ2n) is 4.05. The molecule has 1 aromatic carbocycles. The predicted molar refractivity (Wildman–Crippen MR) is 59.9 cm³/mol. The minimum Gasteiger partial charge on any atom is -0.302 e. The number of hydrogen-bond donors (Lipinski definition) is 0. The third kappa shape index (κ3) is 2.60. The molecule has 1 aromatic rings. The van der Waals surface area contributed by atoms with Crippen molar-refractivity contribution in [3.8, 4) is 0 Å². The summed E-state index contributed by atoms with van der Waals surface area (Å²) in [6.45, 7) is 0.653. The molecule has 0 unspecified atom stereocenters. The molecule has 0 fully saturated rings. The number of anilines is 1. The normalized spacial score (nSPS) is 15.1. The molecule has 1 heterocycles. The lowest BCUT2D eigenvalue weighted by Gasteiger charge is -2.18. The van der Waals surface area contributed by atoms with Crippen molar-refractivity contribution in [3.05, 3.63) is 29.3 Å². The second kappa shape index (κ2) is 4.65. The number of amides is 1. The van der Waals surface area contributed by atoms with Crippen LogP contribution in [0.3, 0.4) is 0 Å². The van der Waals surface area contributed by atoms with Gasteiger partial charge in [0, 0.05) is 0 Å². The lowest BCUT2D eigenvalue weighted by atomic mass is 10.1. The maximum atomic E-state index is 11.9. The molecular formula is C12H10F3NO3. The van der Waals surface area contributed by atoms with Crippen LogP contribution >= 0.6 is 0 Å². The number of halogens is 3. The van der Waals surface area contributed by atoms with E-state index in [-0.39, 0.29) is 12.1 Å². The van der Waals surface area contributed by atoms with Gasteiger partial charge in [-0.3, -0.25) is 14.3 Å². The van der Waals surface area contributed by atoms with Gasteiger partial charge in [0.05, 0.1) is 24.4 Å². The molecule has 0 N–H and O–H groups in total. The van der Waals surface area contributed by atoms with Crippen LogP contribution in [0.5, 0.6) is 0 Å². The monoisotopic (exact) mass is 273 g/mol. The summed E-state index contributed by atoms with van der Waals surface area (Å²) in [4.78, 5) is 24.4. The first-order chi connectivity index (χ1) is 8.81. The molecule has 0 atom stereocenters. The fraction of sp³-hybridized carbons (Fsp3) is 0.333. The first-order valence-corrected chi connectivity index (χ1v) is 5.48. The van der Waals surface area contributed by atoms with Gasteiger partial charge in [-0.2, -0.15) is 0 Å². The molecular weight excluding hydrogens is 263 g/mol. The van der Waals surface area contributed by atoms with Crippen molar-refractivity contribution in [3.63, 3.8) is 0 Å². The fourth-order valence-corrected chi connectivity index (χ4v) is 2.01. The molecule has 0 aliphatic carbocycles. The SMILES string of the molecule is Cc1cccc2c1N(CCOC(F)(F)F)C(=O)C2=O. The lowest BCUT2D eigenvalue weighted by Crippen LogP contribution is -2.34. The molecule has 0 spiro atoms. The van der Waals surface area contributed by atoms with Gasteiger partial charge in [-0.15, -0.1) is 13.2 Å². The number of alkyl halides is 3. The van der Waals surface area contributed by atoms with Crippen LogP contribution in [-0.2, 0) is 9.53 Å². The third-order valence-corrected chi connectivity index (χ3v) is 2.77. The largest absolute Gasteiger partial charge is 0.522 e. The van der Waals surface area contributed by atoms with Gasteiger partial charge in [0.2, 0.25) is 0 Å². The quantitative estimate of drug-likeness (QED) is 0.792. The number of carbonyl (C=O) groups is 2. The summed E-state index contributed by atoms with van der Waals surface area (Å²) >= 11 is 0. The third-order valence-electron chi connectivity index (χ3n) is 2.77. The minimum absolute atomic E-state index is 0.219. The van der Waals surface area contributed by atoms with Crippen molar-refractivity contribution in [2.24, 2.45) is 0 Å². The van der Waals surface area contributed by atoms with Gasteiger partial charge in [-0.05, 0) is 18.6 Å². The number of ketones is 1. The Morgan fingerprint density at radius 2 is 1.95 bits per heavy atom. The van der Waals surface area contributed by atoms with Gasteiger partial charge in [0.15, 0.2) is 0 Å². The van der Waals surface area contributed by atoms with Gasteiger partial charge in [-0.1, -0.05) is 12.1 Å². The Kier molecular flexibility index (Phi) is 3.32. The molecule has 0 bridgehead atoms. The maximum absolute atomic E-state index is 11.9. The van der Waals surface area contributed by atoms with Crippen molar-refractivity contribution in [1.82, 2.24) is 0 Å². The highest BCUT2D eigenvalue weighted by atomic mass is 19.4. The number of fused-ring (bicyclic) bond motifs is 1. The zero-order valence-corrected chi connectivity index (χ0v) is 9.95. The molecule has 0 saturated carbocycles. The zero-order valence-electron chi connectivity index (χ0n) is 9.95. The van der Waals surface area contributed by atoms with Gasteiger partial charge in [0.25, 0.3) is 11.7 Å². The van der Waals surface area contributed by atoms with E-state index in [9.17, 15) is 22.8 Å². The van der Waals surface area contributed by atoms with Crippen molar-refractivity contribution in [2.75, 3.05) is 18.1 Å². The Balaban J connectivity index is 2.19.